The Labute approximate surface area is 310 Å². The van der Waals surface area contributed by atoms with Crippen molar-refractivity contribution in [3.05, 3.63) is 194 Å². The van der Waals surface area contributed by atoms with Crippen molar-refractivity contribution in [2.45, 2.75) is 0 Å². The molecule has 0 radical (unpaired) electrons. The maximum Gasteiger partial charge on any atom is 0.0555 e. The Hall–Kier alpha value is -6.20. The fourth-order valence-electron chi connectivity index (χ4n) is 7.50. The lowest BCUT2D eigenvalue weighted by molar-refractivity contribution is 1.30. The second-order valence-corrected chi connectivity index (χ2v) is 15.1. The highest BCUT2D eigenvalue weighted by atomic mass is 32.1. The van der Waals surface area contributed by atoms with Crippen molar-refractivity contribution in [3.8, 4) is 11.1 Å². The Kier molecular flexibility index (Phi) is 7.56. The molecule has 246 valence electrons. The number of anilines is 6. The lowest BCUT2D eigenvalue weighted by atomic mass is 10.0. The normalized spacial score (nSPS) is 11.5. The molecule has 0 saturated carbocycles. The van der Waals surface area contributed by atoms with E-state index < -0.39 is 0 Å². The molecule has 0 aliphatic rings. The zero-order valence-corrected chi connectivity index (χ0v) is 29.8. The summed E-state index contributed by atoms with van der Waals surface area (Å²) in [4.78, 5) is 4.85. The third-order valence-corrected chi connectivity index (χ3v) is 12.1. The molecule has 0 unspecified atom stereocenters. The molecule has 52 heavy (non-hydrogen) atoms. The molecule has 0 spiro atoms. The van der Waals surface area contributed by atoms with Gasteiger partial charge in [0.2, 0.25) is 0 Å². The quantitative estimate of drug-likeness (QED) is 0.163. The number of para-hydroxylation sites is 2. The maximum atomic E-state index is 2.46. The summed E-state index contributed by atoms with van der Waals surface area (Å²) >= 11 is 3.72. The topological polar surface area (TPSA) is 6.48 Å². The minimum absolute atomic E-state index is 1.12. The number of thiophene rings is 2. The minimum Gasteiger partial charge on any atom is -0.310 e. The summed E-state index contributed by atoms with van der Waals surface area (Å²) in [6, 6.07) is 70.3. The molecule has 0 fully saturated rings. The summed E-state index contributed by atoms with van der Waals surface area (Å²) in [7, 11) is 0. The van der Waals surface area contributed by atoms with E-state index in [0.717, 1.165) is 34.1 Å². The Morgan fingerprint density at radius 3 is 1.37 bits per heavy atom. The van der Waals surface area contributed by atoms with E-state index in [9.17, 15) is 0 Å². The zero-order chi connectivity index (χ0) is 34.4. The molecule has 0 N–H and O–H groups in total. The third-order valence-electron chi connectivity index (χ3n) is 9.84. The van der Waals surface area contributed by atoms with Gasteiger partial charge in [-0.05, 0) is 90.0 Å². The van der Waals surface area contributed by atoms with E-state index in [2.05, 4.69) is 204 Å². The molecule has 2 heterocycles. The highest BCUT2D eigenvalue weighted by Crippen LogP contribution is 2.50. The van der Waals surface area contributed by atoms with Gasteiger partial charge in [-0.2, -0.15) is 0 Å². The van der Waals surface area contributed by atoms with E-state index in [4.69, 9.17) is 0 Å². The van der Waals surface area contributed by atoms with Crippen LogP contribution in [0, 0.1) is 0 Å². The molecular weight excluding hydrogens is 669 g/mol. The van der Waals surface area contributed by atoms with Gasteiger partial charge >= 0.3 is 0 Å². The lowest BCUT2D eigenvalue weighted by Gasteiger charge is -2.28. The SMILES string of the molecule is c1ccc(-c2ccc(N(c3ccc4c(c3)sc3ccccc34)c3cccc4sc5cccc(N(c6ccccc6)c6ccccc6)c5c34)cc2)cc1. The van der Waals surface area contributed by atoms with Gasteiger partial charge in [0.05, 0.1) is 11.4 Å². The molecule has 10 aromatic rings. The highest BCUT2D eigenvalue weighted by Gasteiger charge is 2.23. The number of hydrogen-bond donors (Lipinski definition) is 0. The summed E-state index contributed by atoms with van der Waals surface area (Å²) in [5.74, 6) is 0. The van der Waals surface area contributed by atoms with Crippen LogP contribution in [0.3, 0.4) is 0 Å². The van der Waals surface area contributed by atoms with E-state index in [1.54, 1.807) is 0 Å². The summed E-state index contributed by atoms with van der Waals surface area (Å²) < 4.78 is 5.11. The summed E-state index contributed by atoms with van der Waals surface area (Å²) in [6.07, 6.45) is 0. The zero-order valence-electron chi connectivity index (χ0n) is 28.2. The fourth-order valence-corrected chi connectivity index (χ4v) is 9.79. The maximum absolute atomic E-state index is 2.46. The van der Waals surface area contributed by atoms with E-state index in [-0.39, 0.29) is 0 Å². The van der Waals surface area contributed by atoms with Crippen LogP contribution in [-0.2, 0) is 0 Å². The van der Waals surface area contributed by atoms with Gasteiger partial charge < -0.3 is 9.80 Å². The van der Waals surface area contributed by atoms with Crippen LogP contribution in [0.25, 0.3) is 51.5 Å². The number of nitrogens with zero attached hydrogens (tertiary/aromatic N) is 2. The number of benzene rings is 8. The summed E-state index contributed by atoms with van der Waals surface area (Å²) in [5, 5.41) is 5.11. The molecule has 2 nitrogen and oxygen atoms in total. The van der Waals surface area contributed by atoms with Crippen LogP contribution in [0.15, 0.2) is 194 Å². The summed E-state index contributed by atoms with van der Waals surface area (Å²) in [5.41, 5.74) is 9.24. The van der Waals surface area contributed by atoms with Crippen LogP contribution in [0.2, 0.25) is 0 Å². The molecule has 0 aliphatic carbocycles. The molecule has 0 bridgehead atoms. The first-order chi connectivity index (χ1) is 25.8. The lowest BCUT2D eigenvalue weighted by Crippen LogP contribution is -2.11. The Bertz CT molecular complexity index is 2800. The van der Waals surface area contributed by atoms with E-state index in [1.165, 1.54) is 51.5 Å². The molecule has 0 atom stereocenters. The standard InChI is InChI=1S/C48H32N2S2/c1-4-14-33(15-5-1)34-26-28-37(29-27-34)50(38-30-31-40-39-20-10-11-23-43(39)51-46(40)32-38)42-22-13-25-45-48(42)47-41(21-12-24-44(47)52-45)49(35-16-6-2-7-17-35)36-18-8-3-9-19-36/h1-32H. The average molecular weight is 701 g/mol. The first-order valence-electron chi connectivity index (χ1n) is 17.5. The smallest absolute Gasteiger partial charge is 0.0555 e. The van der Waals surface area contributed by atoms with Crippen molar-refractivity contribution in [2.24, 2.45) is 0 Å². The van der Waals surface area contributed by atoms with Gasteiger partial charge in [-0.15, -0.1) is 22.7 Å². The second kappa shape index (κ2) is 12.8. The molecule has 4 heteroatoms. The Morgan fingerprint density at radius 1 is 0.288 bits per heavy atom. The van der Waals surface area contributed by atoms with Gasteiger partial charge in [0.15, 0.2) is 0 Å². The van der Waals surface area contributed by atoms with E-state index >= 15 is 0 Å². The van der Waals surface area contributed by atoms with Crippen molar-refractivity contribution >= 4 is 97.1 Å². The van der Waals surface area contributed by atoms with Crippen LogP contribution in [0.4, 0.5) is 34.1 Å². The Balaban J connectivity index is 1.24. The Morgan fingerprint density at radius 2 is 0.731 bits per heavy atom. The van der Waals surface area contributed by atoms with Gasteiger partial charge in [0.1, 0.15) is 0 Å². The average Bonchev–Trinajstić information content (AvgIpc) is 3.79. The number of rotatable bonds is 7. The van der Waals surface area contributed by atoms with Crippen molar-refractivity contribution in [1.82, 2.24) is 0 Å². The largest absolute Gasteiger partial charge is 0.310 e. The molecule has 2 aromatic heterocycles. The van der Waals surface area contributed by atoms with E-state index in [1.807, 2.05) is 22.7 Å². The van der Waals surface area contributed by atoms with Crippen LogP contribution in [0.5, 0.6) is 0 Å². The second-order valence-electron chi connectivity index (χ2n) is 12.9. The predicted octanol–water partition coefficient (Wildman–Crippen LogP) is 15.0. The van der Waals surface area contributed by atoms with Crippen molar-refractivity contribution in [2.75, 3.05) is 9.80 Å². The van der Waals surface area contributed by atoms with Gasteiger partial charge in [-0.3, -0.25) is 0 Å². The van der Waals surface area contributed by atoms with E-state index in [0.29, 0.717) is 0 Å². The fraction of sp³-hybridized carbons (Fsp3) is 0. The molecule has 0 aliphatic heterocycles. The molecule has 10 rings (SSSR count). The van der Waals surface area contributed by atoms with Gasteiger partial charge in [-0.25, -0.2) is 0 Å². The molecule has 8 aromatic carbocycles. The van der Waals surface area contributed by atoms with Gasteiger partial charge in [0.25, 0.3) is 0 Å². The minimum atomic E-state index is 1.12. The van der Waals surface area contributed by atoms with Gasteiger partial charge in [0, 0.05) is 63.1 Å². The van der Waals surface area contributed by atoms with Crippen LogP contribution >= 0.6 is 22.7 Å². The van der Waals surface area contributed by atoms with Crippen molar-refractivity contribution < 1.29 is 0 Å². The third kappa shape index (κ3) is 5.24. The predicted molar refractivity (Wildman–Crippen MR) is 227 cm³/mol. The monoisotopic (exact) mass is 700 g/mol. The van der Waals surface area contributed by atoms with Crippen molar-refractivity contribution in [1.29, 1.82) is 0 Å². The van der Waals surface area contributed by atoms with Crippen LogP contribution < -0.4 is 9.80 Å². The van der Waals surface area contributed by atoms with Gasteiger partial charge in [-0.1, -0.05) is 115 Å². The highest BCUT2D eigenvalue weighted by molar-refractivity contribution is 7.26. The first kappa shape index (κ1) is 30.6. The van der Waals surface area contributed by atoms with Crippen molar-refractivity contribution in [3.63, 3.8) is 0 Å². The number of hydrogen-bond acceptors (Lipinski definition) is 4. The number of fused-ring (bicyclic) bond motifs is 6. The molecule has 0 saturated heterocycles. The molecule has 0 amide bonds. The summed E-state index contributed by atoms with van der Waals surface area (Å²) in [6.45, 7) is 0. The van der Waals surface area contributed by atoms with Crippen LogP contribution in [0.1, 0.15) is 0 Å². The van der Waals surface area contributed by atoms with Crippen LogP contribution in [-0.4, -0.2) is 0 Å². The first-order valence-corrected chi connectivity index (χ1v) is 19.1. The molecular formula is C48H32N2S2.